The smallest absolute Gasteiger partial charge is 0.302 e. The van der Waals surface area contributed by atoms with Crippen LogP contribution in [0.25, 0.3) is 0 Å². The summed E-state index contributed by atoms with van der Waals surface area (Å²) in [6.07, 6.45) is 0. The van der Waals surface area contributed by atoms with Crippen LogP contribution in [0.15, 0.2) is 18.2 Å². The summed E-state index contributed by atoms with van der Waals surface area (Å²) in [5.41, 5.74) is 0.717. The lowest BCUT2D eigenvalue weighted by atomic mass is 10.0. The Labute approximate surface area is 104 Å². The van der Waals surface area contributed by atoms with Crippen LogP contribution in [0.1, 0.15) is 18.4 Å². The molecule has 0 bridgehead atoms. The van der Waals surface area contributed by atoms with Gasteiger partial charge in [0.05, 0.1) is 6.61 Å². The minimum atomic E-state index is -0.386. The summed E-state index contributed by atoms with van der Waals surface area (Å²) in [6, 6.07) is 4.99. The first-order valence-electron chi connectivity index (χ1n) is 4.73. The van der Waals surface area contributed by atoms with Crippen molar-refractivity contribution in [2.45, 2.75) is 12.8 Å². The maximum atomic E-state index is 10.7. The number of aliphatic hydroxyl groups excluding tert-OH is 1. The van der Waals surface area contributed by atoms with E-state index < -0.39 is 0 Å². The fraction of sp³-hybridized carbons (Fsp3) is 0.364. The lowest BCUT2D eigenvalue weighted by Crippen LogP contribution is -2.14. The van der Waals surface area contributed by atoms with Gasteiger partial charge in [0.15, 0.2) is 0 Å². The number of esters is 1. The van der Waals surface area contributed by atoms with Crippen LogP contribution in [-0.2, 0) is 9.53 Å². The van der Waals surface area contributed by atoms with E-state index in [0.29, 0.717) is 10.0 Å². The Morgan fingerprint density at radius 2 is 2.19 bits per heavy atom. The van der Waals surface area contributed by atoms with Gasteiger partial charge < -0.3 is 9.84 Å². The van der Waals surface area contributed by atoms with Crippen LogP contribution in [-0.4, -0.2) is 24.3 Å². The van der Waals surface area contributed by atoms with Crippen LogP contribution in [0.4, 0.5) is 0 Å². The molecule has 0 aliphatic rings. The molecule has 5 heteroatoms. The molecule has 16 heavy (non-hydrogen) atoms. The van der Waals surface area contributed by atoms with E-state index >= 15 is 0 Å². The van der Waals surface area contributed by atoms with Gasteiger partial charge in [0.2, 0.25) is 0 Å². The maximum Gasteiger partial charge on any atom is 0.302 e. The standard InChI is InChI=1S/C11H12Cl2O3/c1-7(15)16-6-8(5-14)10-3-2-9(12)4-11(10)13/h2-4,8,14H,5-6H2,1H3. The molecule has 0 fully saturated rings. The van der Waals surface area contributed by atoms with Gasteiger partial charge >= 0.3 is 5.97 Å². The third-order valence-electron chi connectivity index (χ3n) is 2.11. The zero-order chi connectivity index (χ0) is 12.1. The van der Waals surface area contributed by atoms with E-state index in [1.165, 1.54) is 6.92 Å². The van der Waals surface area contributed by atoms with Gasteiger partial charge in [-0.05, 0) is 17.7 Å². The fourth-order valence-electron chi connectivity index (χ4n) is 1.29. The Bertz CT molecular complexity index is 379. The maximum absolute atomic E-state index is 10.7. The van der Waals surface area contributed by atoms with E-state index in [1.54, 1.807) is 18.2 Å². The minimum absolute atomic E-state index is 0.104. The molecule has 0 aromatic heterocycles. The van der Waals surface area contributed by atoms with Gasteiger partial charge in [-0.2, -0.15) is 0 Å². The summed E-state index contributed by atoms with van der Waals surface area (Å²) in [6.45, 7) is 1.28. The molecule has 0 aliphatic heterocycles. The largest absolute Gasteiger partial charge is 0.465 e. The molecular formula is C11H12Cl2O3. The number of aliphatic hydroxyl groups is 1. The van der Waals surface area contributed by atoms with E-state index in [0.717, 1.165) is 5.56 Å². The number of carbonyl (C=O) groups excluding carboxylic acids is 1. The van der Waals surface area contributed by atoms with E-state index in [9.17, 15) is 9.90 Å². The first-order valence-corrected chi connectivity index (χ1v) is 5.49. The number of ether oxygens (including phenoxy) is 1. The average molecular weight is 263 g/mol. The number of benzene rings is 1. The van der Waals surface area contributed by atoms with E-state index in [1.807, 2.05) is 0 Å². The third-order valence-corrected chi connectivity index (χ3v) is 2.67. The molecule has 3 nitrogen and oxygen atoms in total. The van der Waals surface area contributed by atoms with Crippen LogP contribution < -0.4 is 0 Å². The highest BCUT2D eigenvalue weighted by atomic mass is 35.5. The van der Waals surface area contributed by atoms with Gasteiger partial charge in [0.1, 0.15) is 6.61 Å². The number of hydrogen-bond acceptors (Lipinski definition) is 3. The summed E-state index contributed by atoms with van der Waals surface area (Å²) in [4.78, 5) is 10.7. The van der Waals surface area contributed by atoms with Crippen molar-refractivity contribution in [2.75, 3.05) is 13.2 Å². The van der Waals surface area contributed by atoms with E-state index in [4.69, 9.17) is 27.9 Å². The molecule has 0 saturated carbocycles. The summed E-state index contributed by atoms with van der Waals surface area (Å²) in [5.74, 6) is -0.711. The Morgan fingerprint density at radius 3 is 2.69 bits per heavy atom. The van der Waals surface area contributed by atoms with Crippen LogP contribution in [0.3, 0.4) is 0 Å². The van der Waals surface area contributed by atoms with Crippen molar-refractivity contribution in [3.63, 3.8) is 0 Å². The summed E-state index contributed by atoms with van der Waals surface area (Å²) in [5, 5.41) is 10.2. The van der Waals surface area contributed by atoms with Crippen molar-refractivity contribution in [1.29, 1.82) is 0 Å². The van der Waals surface area contributed by atoms with E-state index in [-0.39, 0.29) is 25.1 Å². The van der Waals surface area contributed by atoms with E-state index in [2.05, 4.69) is 0 Å². The molecule has 0 heterocycles. The predicted molar refractivity (Wildman–Crippen MR) is 62.9 cm³/mol. The lowest BCUT2D eigenvalue weighted by molar-refractivity contribution is -0.141. The molecule has 1 N–H and O–H groups in total. The van der Waals surface area contributed by atoms with Crippen molar-refractivity contribution < 1.29 is 14.6 Å². The molecule has 0 spiro atoms. The first-order chi connectivity index (χ1) is 7.54. The summed E-state index contributed by atoms with van der Waals surface area (Å²) >= 11 is 11.7. The van der Waals surface area contributed by atoms with Gasteiger partial charge in [-0.3, -0.25) is 4.79 Å². The van der Waals surface area contributed by atoms with Gasteiger partial charge in [0.25, 0.3) is 0 Å². The molecular weight excluding hydrogens is 251 g/mol. The Morgan fingerprint density at radius 1 is 1.50 bits per heavy atom. The highest BCUT2D eigenvalue weighted by Gasteiger charge is 2.15. The normalized spacial score (nSPS) is 12.2. The second kappa shape index (κ2) is 6.09. The second-order valence-electron chi connectivity index (χ2n) is 3.35. The molecule has 1 unspecified atom stereocenters. The molecule has 1 rings (SSSR count). The third kappa shape index (κ3) is 3.67. The van der Waals surface area contributed by atoms with Gasteiger partial charge in [0, 0.05) is 22.9 Å². The van der Waals surface area contributed by atoms with Crippen molar-refractivity contribution in [3.05, 3.63) is 33.8 Å². The molecule has 0 saturated heterocycles. The van der Waals surface area contributed by atoms with Gasteiger partial charge in [-0.15, -0.1) is 0 Å². The quantitative estimate of drug-likeness (QED) is 0.849. The lowest BCUT2D eigenvalue weighted by Gasteiger charge is -2.15. The molecule has 1 atom stereocenters. The SMILES string of the molecule is CC(=O)OCC(CO)c1ccc(Cl)cc1Cl. The van der Waals surface area contributed by atoms with Crippen molar-refractivity contribution in [1.82, 2.24) is 0 Å². The zero-order valence-corrected chi connectivity index (χ0v) is 10.3. The zero-order valence-electron chi connectivity index (χ0n) is 8.74. The topological polar surface area (TPSA) is 46.5 Å². The second-order valence-corrected chi connectivity index (χ2v) is 4.19. The fourth-order valence-corrected chi connectivity index (χ4v) is 1.85. The molecule has 0 amide bonds. The summed E-state index contributed by atoms with van der Waals surface area (Å²) < 4.78 is 4.84. The van der Waals surface area contributed by atoms with Crippen LogP contribution in [0.5, 0.6) is 0 Å². The Hall–Kier alpha value is -0.770. The number of rotatable bonds is 4. The Kier molecular flexibility index (Phi) is 5.06. The van der Waals surface area contributed by atoms with Gasteiger partial charge in [-0.1, -0.05) is 29.3 Å². The number of hydrogen-bond donors (Lipinski definition) is 1. The summed E-state index contributed by atoms with van der Waals surface area (Å²) in [7, 11) is 0. The molecule has 88 valence electrons. The monoisotopic (exact) mass is 262 g/mol. The molecule has 0 radical (unpaired) electrons. The van der Waals surface area contributed by atoms with Crippen LogP contribution in [0, 0.1) is 0 Å². The predicted octanol–water partition coefficient (Wildman–Crippen LogP) is 2.63. The van der Waals surface area contributed by atoms with Crippen molar-refractivity contribution >= 4 is 29.2 Å². The van der Waals surface area contributed by atoms with Crippen LogP contribution in [0.2, 0.25) is 10.0 Å². The Balaban J connectivity index is 2.82. The average Bonchev–Trinajstić information content (AvgIpc) is 2.21. The molecule has 0 aliphatic carbocycles. The molecule has 1 aromatic rings. The highest BCUT2D eigenvalue weighted by Crippen LogP contribution is 2.27. The van der Waals surface area contributed by atoms with Crippen molar-refractivity contribution in [3.8, 4) is 0 Å². The van der Waals surface area contributed by atoms with Crippen LogP contribution >= 0.6 is 23.2 Å². The number of halogens is 2. The molecule has 1 aromatic carbocycles. The number of carbonyl (C=O) groups is 1. The first kappa shape index (κ1) is 13.3. The van der Waals surface area contributed by atoms with Crippen molar-refractivity contribution in [2.24, 2.45) is 0 Å². The van der Waals surface area contributed by atoms with Gasteiger partial charge in [-0.25, -0.2) is 0 Å². The highest BCUT2D eigenvalue weighted by molar-refractivity contribution is 6.35. The minimum Gasteiger partial charge on any atom is -0.465 e.